The standard InChI is InChI=1S/C11H11NO2/c12-7-1-2-10-3-5-11(6-4-10)14-9-8-13/h1-6,13H,8-9H2. The second kappa shape index (κ2) is 5.79. The third-order valence-electron chi connectivity index (χ3n) is 1.59. The second-order valence-corrected chi connectivity index (χ2v) is 2.60. The molecule has 1 aromatic carbocycles. The summed E-state index contributed by atoms with van der Waals surface area (Å²) in [7, 11) is 0. The number of hydrogen-bond donors (Lipinski definition) is 1. The van der Waals surface area contributed by atoms with Crippen molar-refractivity contribution in [1.82, 2.24) is 0 Å². The highest BCUT2D eigenvalue weighted by atomic mass is 16.5. The predicted molar refractivity (Wildman–Crippen MR) is 53.7 cm³/mol. The van der Waals surface area contributed by atoms with Crippen LogP contribution >= 0.6 is 0 Å². The first-order valence-corrected chi connectivity index (χ1v) is 4.26. The Kier molecular flexibility index (Phi) is 4.25. The smallest absolute Gasteiger partial charge is 0.119 e. The number of aliphatic hydroxyl groups is 1. The topological polar surface area (TPSA) is 53.2 Å². The molecule has 0 aromatic heterocycles. The molecule has 14 heavy (non-hydrogen) atoms. The first-order valence-electron chi connectivity index (χ1n) is 4.26. The lowest BCUT2D eigenvalue weighted by Crippen LogP contribution is -2.01. The normalized spacial score (nSPS) is 10.0. The van der Waals surface area contributed by atoms with Crippen molar-refractivity contribution >= 4 is 6.08 Å². The van der Waals surface area contributed by atoms with Crippen LogP contribution in [0.25, 0.3) is 6.08 Å². The van der Waals surface area contributed by atoms with E-state index < -0.39 is 0 Å². The van der Waals surface area contributed by atoms with Crippen LogP contribution in [-0.2, 0) is 0 Å². The molecule has 0 spiro atoms. The zero-order valence-corrected chi connectivity index (χ0v) is 7.68. The van der Waals surface area contributed by atoms with Crippen molar-refractivity contribution in [3.63, 3.8) is 0 Å². The molecule has 0 unspecified atom stereocenters. The van der Waals surface area contributed by atoms with Crippen LogP contribution < -0.4 is 4.74 Å². The number of benzene rings is 1. The summed E-state index contributed by atoms with van der Waals surface area (Å²) in [6, 6.07) is 9.21. The summed E-state index contributed by atoms with van der Waals surface area (Å²) in [5.41, 5.74) is 0.947. The molecule has 0 aliphatic rings. The van der Waals surface area contributed by atoms with E-state index in [0.29, 0.717) is 12.4 Å². The summed E-state index contributed by atoms with van der Waals surface area (Å²) in [5, 5.41) is 16.8. The van der Waals surface area contributed by atoms with Crippen LogP contribution in [0.15, 0.2) is 30.3 Å². The molecular weight excluding hydrogens is 178 g/mol. The number of allylic oxidation sites excluding steroid dienone is 1. The molecule has 0 radical (unpaired) electrons. The van der Waals surface area contributed by atoms with Gasteiger partial charge >= 0.3 is 0 Å². The van der Waals surface area contributed by atoms with Crippen molar-refractivity contribution in [1.29, 1.82) is 5.26 Å². The van der Waals surface area contributed by atoms with Gasteiger partial charge < -0.3 is 9.84 Å². The van der Waals surface area contributed by atoms with Crippen molar-refractivity contribution < 1.29 is 9.84 Å². The summed E-state index contributed by atoms with van der Waals surface area (Å²) in [5.74, 6) is 0.716. The largest absolute Gasteiger partial charge is 0.491 e. The number of nitriles is 1. The Hall–Kier alpha value is -1.79. The lowest BCUT2D eigenvalue weighted by atomic mass is 10.2. The molecule has 72 valence electrons. The number of hydrogen-bond acceptors (Lipinski definition) is 3. The van der Waals surface area contributed by atoms with E-state index in [9.17, 15) is 0 Å². The first-order chi connectivity index (χ1) is 6.86. The molecule has 3 nitrogen and oxygen atoms in total. The molecule has 0 heterocycles. The lowest BCUT2D eigenvalue weighted by Gasteiger charge is -2.03. The molecule has 1 aromatic rings. The lowest BCUT2D eigenvalue weighted by molar-refractivity contribution is 0.201. The molecular formula is C11H11NO2. The highest BCUT2D eigenvalue weighted by Gasteiger charge is 1.91. The van der Waals surface area contributed by atoms with Gasteiger partial charge in [0.2, 0.25) is 0 Å². The maximum atomic E-state index is 8.53. The molecule has 0 amide bonds. The van der Waals surface area contributed by atoms with E-state index in [-0.39, 0.29) is 6.61 Å². The minimum absolute atomic E-state index is 0.0100. The third-order valence-corrected chi connectivity index (χ3v) is 1.59. The summed E-state index contributed by atoms with van der Waals surface area (Å²) < 4.78 is 5.18. The van der Waals surface area contributed by atoms with Crippen LogP contribution in [0.4, 0.5) is 0 Å². The van der Waals surface area contributed by atoms with Crippen LogP contribution in [-0.4, -0.2) is 18.3 Å². The second-order valence-electron chi connectivity index (χ2n) is 2.60. The average molecular weight is 189 g/mol. The fourth-order valence-corrected chi connectivity index (χ4v) is 0.972. The van der Waals surface area contributed by atoms with Crippen LogP contribution in [0.1, 0.15) is 5.56 Å². The van der Waals surface area contributed by atoms with Gasteiger partial charge in [0.15, 0.2) is 0 Å². The molecule has 1 N–H and O–H groups in total. The maximum absolute atomic E-state index is 8.53. The predicted octanol–water partition coefficient (Wildman–Crippen LogP) is 1.59. The third kappa shape index (κ3) is 3.30. The summed E-state index contributed by atoms with van der Waals surface area (Å²) in [6.07, 6.45) is 3.14. The van der Waals surface area contributed by atoms with Gasteiger partial charge in [0.05, 0.1) is 12.7 Å². The summed E-state index contributed by atoms with van der Waals surface area (Å²) in [4.78, 5) is 0. The summed E-state index contributed by atoms with van der Waals surface area (Å²) in [6.45, 7) is 0.309. The monoisotopic (exact) mass is 189 g/mol. The van der Waals surface area contributed by atoms with Gasteiger partial charge in [0.1, 0.15) is 12.4 Å². The van der Waals surface area contributed by atoms with Gasteiger partial charge in [-0.2, -0.15) is 5.26 Å². The van der Waals surface area contributed by atoms with Crippen LogP contribution in [0.5, 0.6) is 5.75 Å². The summed E-state index contributed by atoms with van der Waals surface area (Å²) >= 11 is 0. The van der Waals surface area contributed by atoms with E-state index >= 15 is 0 Å². The van der Waals surface area contributed by atoms with Crippen molar-refractivity contribution in [2.45, 2.75) is 0 Å². The first kappa shape index (κ1) is 10.3. The van der Waals surface area contributed by atoms with E-state index in [2.05, 4.69) is 0 Å². The fourth-order valence-electron chi connectivity index (χ4n) is 0.972. The van der Waals surface area contributed by atoms with Crippen molar-refractivity contribution in [3.05, 3.63) is 35.9 Å². The number of rotatable bonds is 4. The highest BCUT2D eigenvalue weighted by Crippen LogP contribution is 2.12. The van der Waals surface area contributed by atoms with Gasteiger partial charge in [0, 0.05) is 6.08 Å². The van der Waals surface area contributed by atoms with E-state index in [1.165, 1.54) is 6.08 Å². The minimum atomic E-state index is 0.0100. The molecule has 0 saturated heterocycles. The Morgan fingerprint density at radius 2 is 2.07 bits per heavy atom. The van der Waals surface area contributed by atoms with Crippen molar-refractivity contribution in [3.8, 4) is 11.8 Å². The van der Waals surface area contributed by atoms with Crippen molar-refractivity contribution in [2.75, 3.05) is 13.2 Å². The van der Waals surface area contributed by atoms with Crippen LogP contribution in [0, 0.1) is 11.3 Å². The van der Waals surface area contributed by atoms with E-state index in [1.807, 2.05) is 18.2 Å². The molecule has 0 aliphatic carbocycles. The Morgan fingerprint density at radius 3 is 2.64 bits per heavy atom. The molecule has 3 heteroatoms. The fraction of sp³-hybridized carbons (Fsp3) is 0.182. The van der Waals surface area contributed by atoms with Gasteiger partial charge in [-0.25, -0.2) is 0 Å². The highest BCUT2D eigenvalue weighted by molar-refractivity contribution is 5.52. The maximum Gasteiger partial charge on any atom is 0.119 e. The van der Waals surface area contributed by atoms with Crippen LogP contribution in [0.3, 0.4) is 0 Å². The average Bonchev–Trinajstić information content (AvgIpc) is 2.25. The van der Waals surface area contributed by atoms with Crippen molar-refractivity contribution in [2.24, 2.45) is 0 Å². The quantitative estimate of drug-likeness (QED) is 0.732. The molecule has 0 fully saturated rings. The van der Waals surface area contributed by atoms with E-state index in [4.69, 9.17) is 15.1 Å². The van der Waals surface area contributed by atoms with Gasteiger partial charge in [-0.05, 0) is 23.8 Å². The molecule has 0 atom stereocenters. The van der Waals surface area contributed by atoms with Gasteiger partial charge in [-0.15, -0.1) is 0 Å². The van der Waals surface area contributed by atoms with Gasteiger partial charge in [-0.1, -0.05) is 12.1 Å². The zero-order valence-electron chi connectivity index (χ0n) is 7.68. The Morgan fingerprint density at radius 1 is 1.36 bits per heavy atom. The SMILES string of the molecule is N#CC=Cc1ccc(OCCO)cc1. The molecule has 1 rings (SSSR count). The molecule has 0 bridgehead atoms. The van der Waals surface area contributed by atoms with Gasteiger partial charge in [0.25, 0.3) is 0 Å². The van der Waals surface area contributed by atoms with E-state index in [1.54, 1.807) is 18.2 Å². The Bertz CT molecular complexity index is 335. The minimum Gasteiger partial charge on any atom is -0.491 e. The van der Waals surface area contributed by atoms with Gasteiger partial charge in [-0.3, -0.25) is 0 Å². The molecule has 0 saturated carbocycles. The number of aliphatic hydroxyl groups excluding tert-OH is 1. The Labute approximate surface area is 82.9 Å². The van der Waals surface area contributed by atoms with E-state index in [0.717, 1.165) is 5.56 Å². The number of nitrogens with zero attached hydrogens (tertiary/aromatic N) is 1. The zero-order chi connectivity index (χ0) is 10.2. The Balaban J connectivity index is 2.60. The van der Waals surface area contributed by atoms with Crippen LogP contribution in [0.2, 0.25) is 0 Å². The molecule has 0 aliphatic heterocycles. The number of ether oxygens (including phenoxy) is 1.